The highest BCUT2D eigenvalue weighted by Gasteiger charge is 2.42. The minimum absolute atomic E-state index is 0.0313. The van der Waals surface area contributed by atoms with Crippen LogP contribution in [0.3, 0.4) is 0 Å². The second-order valence-corrected chi connectivity index (χ2v) is 7.99. The van der Waals surface area contributed by atoms with Gasteiger partial charge in [0.15, 0.2) is 11.6 Å². The molecule has 2 N–H and O–H groups in total. The number of rotatable bonds is 4. The SMILES string of the molecule is [2H]C([2H])([2H])N(c1cnc(-c2ccc(-c3nnn(C)n3)cc2O)nn1)[C@H]1C[C@H]2CCC[C@H](N2)[C@H]1F. The first-order chi connectivity index (χ1) is 16.2. The van der Waals surface area contributed by atoms with Crippen LogP contribution in [-0.2, 0) is 7.05 Å². The van der Waals surface area contributed by atoms with E-state index in [1.54, 1.807) is 19.2 Å². The Kier molecular flexibility index (Phi) is 4.15. The molecule has 0 radical (unpaired) electrons. The van der Waals surface area contributed by atoms with Gasteiger partial charge in [-0.25, -0.2) is 9.37 Å². The molecular weight excluding hydrogens is 401 g/mol. The number of alkyl halides is 1. The fourth-order valence-corrected chi connectivity index (χ4v) is 4.36. The molecule has 2 aromatic heterocycles. The Morgan fingerprint density at radius 1 is 1.26 bits per heavy atom. The molecule has 2 saturated heterocycles. The third-order valence-corrected chi connectivity index (χ3v) is 5.93. The van der Waals surface area contributed by atoms with E-state index < -0.39 is 19.2 Å². The average molecular weight is 428 g/mol. The zero-order valence-electron chi connectivity index (χ0n) is 19.9. The number of aromatic hydroxyl groups is 1. The van der Waals surface area contributed by atoms with Crippen molar-refractivity contribution in [3.63, 3.8) is 0 Å². The minimum atomic E-state index is -2.62. The van der Waals surface area contributed by atoms with Gasteiger partial charge in [0.05, 0.1) is 24.8 Å². The van der Waals surface area contributed by atoms with Gasteiger partial charge in [-0.2, -0.15) is 4.80 Å². The molecule has 1 aromatic carbocycles. The molecule has 4 heterocycles. The first-order valence-electron chi connectivity index (χ1n) is 11.7. The molecule has 3 aromatic rings. The van der Waals surface area contributed by atoms with Crippen LogP contribution in [0.2, 0.25) is 0 Å². The van der Waals surface area contributed by atoms with E-state index in [9.17, 15) is 5.11 Å². The van der Waals surface area contributed by atoms with Crippen LogP contribution in [0, 0.1) is 0 Å². The van der Waals surface area contributed by atoms with Crippen molar-refractivity contribution in [3.05, 3.63) is 24.4 Å². The second kappa shape index (κ2) is 7.80. The maximum Gasteiger partial charge on any atom is 0.205 e. The van der Waals surface area contributed by atoms with Crippen LogP contribution in [0.25, 0.3) is 22.8 Å². The summed E-state index contributed by atoms with van der Waals surface area (Å²) in [7, 11) is 1.63. The summed E-state index contributed by atoms with van der Waals surface area (Å²) in [4.78, 5) is 6.56. The third-order valence-electron chi connectivity index (χ3n) is 5.93. The number of piperidine rings is 2. The van der Waals surface area contributed by atoms with Crippen LogP contribution >= 0.6 is 0 Å². The predicted molar refractivity (Wildman–Crippen MR) is 111 cm³/mol. The number of aryl methyl sites for hydroxylation is 1. The summed E-state index contributed by atoms with van der Waals surface area (Å²) in [6.07, 6.45) is 2.75. The number of benzene rings is 1. The second-order valence-electron chi connectivity index (χ2n) is 7.99. The van der Waals surface area contributed by atoms with Crippen LogP contribution in [0.1, 0.15) is 29.8 Å². The van der Waals surface area contributed by atoms with Crippen molar-refractivity contribution in [3.8, 4) is 28.5 Å². The number of halogens is 1. The van der Waals surface area contributed by atoms with Crippen LogP contribution in [0.5, 0.6) is 5.75 Å². The lowest BCUT2D eigenvalue weighted by atomic mass is 9.82. The summed E-state index contributed by atoms with van der Waals surface area (Å²) in [5.41, 5.74) is 0.852. The molecule has 11 heteroatoms. The standard InChI is InChI=1S/C20H24FN9O/c1-29(15-9-12-4-3-5-14(23-12)18(15)21)17-10-22-20(25-24-17)13-7-6-11(8-16(13)31)19-26-28-30(2)27-19/h6-8,10,12,14-15,18,23,31H,3-5,9H2,1-2H3/t12-,14+,15+,18-/m1/s1/i1D3. The van der Waals surface area contributed by atoms with E-state index >= 15 is 4.39 Å². The molecule has 4 atom stereocenters. The normalized spacial score (nSPS) is 27.2. The van der Waals surface area contributed by atoms with Crippen molar-refractivity contribution in [1.82, 2.24) is 40.7 Å². The highest BCUT2D eigenvalue weighted by atomic mass is 19.1. The van der Waals surface area contributed by atoms with Crippen LogP contribution < -0.4 is 10.2 Å². The number of phenols is 1. The van der Waals surface area contributed by atoms with Crippen molar-refractivity contribution in [2.45, 2.75) is 50.0 Å². The summed E-state index contributed by atoms with van der Waals surface area (Å²) in [5.74, 6) is 0.294. The zero-order valence-corrected chi connectivity index (χ0v) is 16.9. The fraction of sp³-hybridized carbons (Fsp3) is 0.500. The van der Waals surface area contributed by atoms with E-state index in [2.05, 4.69) is 35.9 Å². The molecule has 0 aliphatic carbocycles. The number of anilines is 1. The van der Waals surface area contributed by atoms with Crippen LogP contribution in [0.15, 0.2) is 24.4 Å². The fourth-order valence-electron chi connectivity index (χ4n) is 4.36. The number of hydrogen-bond acceptors (Lipinski definition) is 9. The van der Waals surface area contributed by atoms with E-state index in [1.165, 1.54) is 17.1 Å². The molecule has 0 amide bonds. The Bertz CT molecular complexity index is 1170. The average Bonchev–Trinajstić information content (AvgIpc) is 3.23. The molecule has 31 heavy (non-hydrogen) atoms. The number of tetrazole rings is 1. The van der Waals surface area contributed by atoms with Gasteiger partial charge in [0.2, 0.25) is 5.82 Å². The van der Waals surface area contributed by atoms with E-state index in [-0.39, 0.29) is 29.5 Å². The number of aromatic nitrogens is 7. The number of nitrogens with one attached hydrogen (secondary N) is 1. The molecule has 0 saturated carbocycles. The van der Waals surface area contributed by atoms with E-state index in [1.807, 2.05) is 0 Å². The van der Waals surface area contributed by atoms with Crippen molar-refractivity contribution in [2.75, 3.05) is 11.9 Å². The van der Waals surface area contributed by atoms with Crippen LogP contribution in [0.4, 0.5) is 10.2 Å². The van der Waals surface area contributed by atoms with Crippen molar-refractivity contribution >= 4 is 5.82 Å². The molecular formula is C20H24FN9O. The summed E-state index contributed by atoms with van der Waals surface area (Å²) in [5, 5.41) is 33.7. The molecule has 10 nitrogen and oxygen atoms in total. The number of phenolic OH excluding ortho intramolecular Hbond substituents is 1. The van der Waals surface area contributed by atoms with Gasteiger partial charge in [-0.1, -0.05) is 12.5 Å². The number of fused-ring (bicyclic) bond motifs is 2. The third kappa shape index (κ3) is 3.69. The quantitative estimate of drug-likeness (QED) is 0.637. The lowest BCUT2D eigenvalue weighted by Gasteiger charge is -2.45. The Labute approximate surface area is 182 Å². The first kappa shape index (κ1) is 16.5. The maximum atomic E-state index is 15.3. The van der Waals surface area contributed by atoms with Crippen LogP contribution in [-0.4, -0.2) is 71.8 Å². The van der Waals surface area contributed by atoms with Crippen molar-refractivity contribution in [1.29, 1.82) is 0 Å². The van der Waals surface area contributed by atoms with E-state index in [4.69, 9.17) is 4.11 Å². The molecule has 2 aliphatic rings. The zero-order chi connectivity index (χ0) is 24.0. The summed E-state index contributed by atoms with van der Waals surface area (Å²) >= 11 is 0. The monoisotopic (exact) mass is 428 g/mol. The van der Waals surface area contributed by atoms with Gasteiger partial charge in [-0.15, -0.1) is 20.4 Å². The Balaban J connectivity index is 1.43. The molecule has 2 fully saturated rings. The summed E-state index contributed by atoms with van der Waals surface area (Å²) in [6.45, 7) is -2.62. The molecule has 2 aliphatic heterocycles. The van der Waals surface area contributed by atoms with Gasteiger partial charge in [0.1, 0.15) is 11.9 Å². The minimum Gasteiger partial charge on any atom is -0.507 e. The Hall–Kier alpha value is -3.21. The molecule has 5 rings (SSSR count). The van der Waals surface area contributed by atoms with Gasteiger partial charge >= 0.3 is 0 Å². The topological polar surface area (TPSA) is 118 Å². The molecule has 2 bridgehead atoms. The largest absolute Gasteiger partial charge is 0.507 e. The van der Waals surface area contributed by atoms with E-state index in [0.29, 0.717) is 29.8 Å². The molecule has 0 spiro atoms. The lowest BCUT2D eigenvalue weighted by molar-refractivity contribution is 0.107. The first-order valence-corrected chi connectivity index (χ1v) is 10.2. The molecule has 162 valence electrons. The summed E-state index contributed by atoms with van der Waals surface area (Å²) < 4.78 is 39.4. The smallest absolute Gasteiger partial charge is 0.205 e. The van der Waals surface area contributed by atoms with Gasteiger partial charge in [-0.05, 0) is 36.6 Å². The number of nitrogens with zero attached hydrogens (tertiary/aromatic N) is 8. The van der Waals surface area contributed by atoms with Gasteiger partial charge in [0, 0.05) is 28.7 Å². The highest BCUT2D eigenvalue weighted by molar-refractivity contribution is 5.69. The summed E-state index contributed by atoms with van der Waals surface area (Å²) in [6, 6.07) is 3.56. The Morgan fingerprint density at radius 3 is 2.87 bits per heavy atom. The van der Waals surface area contributed by atoms with Gasteiger partial charge in [0.25, 0.3) is 0 Å². The van der Waals surface area contributed by atoms with Crippen molar-refractivity contribution < 1.29 is 13.6 Å². The Morgan fingerprint density at radius 2 is 2.16 bits per heavy atom. The lowest BCUT2D eigenvalue weighted by Crippen LogP contribution is -2.61. The maximum absolute atomic E-state index is 15.3. The van der Waals surface area contributed by atoms with E-state index in [0.717, 1.165) is 17.7 Å². The number of hydrogen-bond donors (Lipinski definition) is 2. The highest BCUT2D eigenvalue weighted by Crippen LogP contribution is 2.33. The molecule has 0 unspecified atom stereocenters. The van der Waals surface area contributed by atoms with Crippen molar-refractivity contribution in [2.24, 2.45) is 7.05 Å². The van der Waals surface area contributed by atoms with Gasteiger partial charge < -0.3 is 15.3 Å². The van der Waals surface area contributed by atoms with Gasteiger partial charge in [-0.3, -0.25) is 0 Å². The predicted octanol–water partition coefficient (Wildman–Crippen LogP) is 1.49.